The van der Waals surface area contributed by atoms with E-state index >= 15 is 0 Å². The van der Waals surface area contributed by atoms with Crippen LogP contribution >= 0.6 is 0 Å². The summed E-state index contributed by atoms with van der Waals surface area (Å²) in [5, 5.41) is 0.289. The molecule has 0 bridgehead atoms. The molecule has 0 aliphatic heterocycles. The Labute approximate surface area is 111 Å². The minimum absolute atomic E-state index is 0.289. The maximum Gasteiger partial charge on any atom is 0.138 e. The first-order chi connectivity index (χ1) is 8.74. The second-order valence-corrected chi connectivity index (χ2v) is 5.27. The van der Waals surface area contributed by atoms with E-state index in [-0.39, 0.29) is 5.31 Å². The average molecular weight is 236 g/mol. The monoisotopic (exact) mass is 236 g/mol. The Kier molecular flexibility index (Phi) is 4.25. The Balaban J connectivity index is 2.10. The summed E-state index contributed by atoms with van der Waals surface area (Å²) < 4.78 is 0. The quantitative estimate of drug-likeness (QED) is 0.689. The van der Waals surface area contributed by atoms with Crippen molar-refractivity contribution in [1.29, 1.82) is 0 Å². The van der Waals surface area contributed by atoms with Crippen LogP contribution in [0.1, 0.15) is 31.4 Å². The summed E-state index contributed by atoms with van der Waals surface area (Å²) in [5.41, 5.74) is 2.90. The second-order valence-electron chi connectivity index (χ2n) is 5.27. The Morgan fingerprint density at radius 2 is 1.44 bits per heavy atom. The van der Waals surface area contributed by atoms with Gasteiger partial charge in [0.25, 0.3) is 0 Å². The number of benzene rings is 2. The van der Waals surface area contributed by atoms with Crippen molar-refractivity contribution < 1.29 is 0 Å². The molecule has 1 heteroatoms. The van der Waals surface area contributed by atoms with Crippen LogP contribution in [0.25, 0.3) is 0 Å². The summed E-state index contributed by atoms with van der Waals surface area (Å²) >= 11 is 0. The molecule has 0 radical (unpaired) electrons. The van der Waals surface area contributed by atoms with Crippen LogP contribution in [0.3, 0.4) is 0 Å². The van der Waals surface area contributed by atoms with E-state index in [0.29, 0.717) is 0 Å². The maximum atomic E-state index is 2.38. The fourth-order valence-electron chi connectivity index (χ4n) is 2.43. The summed E-state index contributed by atoms with van der Waals surface area (Å²) in [6, 6.07) is 21.7. The summed E-state index contributed by atoms with van der Waals surface area (Å²) in [7, 11) is 1.21. The molecular weight excluding hydrogens is 215 g/mol. The van der Waals surface area contributed by atoms with Crippen molar-refractivity contribution >= 4 is 7.28 Å². The number of hydrogen-bond donors (Lipinski definition) is 0. The molecule has 2 aromatic carbocycles. The minimum Gasteiger partial charge on any atom is -0.0652 e. The van der Waals surface area contributed by atoms with Crippen LogP contribution in [0.2, 0.25) is 0 Å². The lowest BCUT2D eigenvalue weighted by Gasteiger charge is -2.28. The molecule has 2 aromatic rings. The Bertz CT molecular complexity index is 463. The molecule has 0 amide bonds. The molecule has 0 nitrogen and oxygen atoms in total. The molecule has 2 rings (SSSR count). The molecule has 1 unspecified atom stereocenters. The van der Waals surface area contributed by atoms with Gasteiger partial charge in [-0.3, -0.25) is 0 Å². The fourth-order valence-corrected chi connectivity index (χ4v) is 2.43. The van der Waals surface area contributed by atoms with Crippen LogP contribution in [0.5, 0.6) is 0 Å². The van der Waals surface area contributed by atoms with E-state index in [0.717, 1.165) is 6.32 Å². The number of hydrogen-bond acceptors (Lipinski definition) is 0. The third kappa shape index (κ3) is 3.04. The van der Waals surface area contributed by atoms with Crippen molar-refractivity contribution in [2.24, 2.45) is 0 Å². The van der Waals surface area contributed by atoms with Crippen LogP contribution in [0.4, 0.5) is 0 Å². The van der Waals surface area contributed by atoms with Crippen molar-refractivity contribution in [3.63, 3.8) is 0 Å². The molecule has 92 valence electrons. The smallest absolute Gasteiger partial charge is 0.0652 e. The molecule has 0 N–H and O–H groups in total. The Morgan fingerprint density at radius 1 is 0.889 bits per heavy atom. The van der Waals surface area contributed by atoms with Gasteiger partial charge in [0.05, 0.1) is 0 Å². The predicted octanol–water partition coefficient (Wildman–Crippen LogP) is 3.95. The van der Waals surface area contributed by atoms with E-state index in [1.54, 1.807) is 0 Å². The molecule has 0 aliphatic carbocycles. The van der Waals surface area contributed by atoms with E-state index in [4.69, 9.17) is 0 Å². The highest BCUT2D eigenvalue weighted by Crippen LogP contribution is 2.26. The first-order valence-corrected chi connectivity index (χ1v) is 6.84. The summed E-state index contributed by atoms with van der Waals surface area (Å²) in [4.78, 5) is 0. The van der Waals surface area contributed by atoms with Crippen LogP contribution in [-0.4, -0.2) is 7.28 Å². The van der Waals surface area contributed by atoms with Gasteiger partial charge in [0.15, 0.2) is 0 Å². The molecule has 0 saturated carbocycles. The van der Waals surface area contributed by atoms with Gasteiger partial charge < -0.3 is 0 Å². The van der Waals surface area contributed by atoms with Gasteiger partial charge in [0.2, 0.25) is 0 Å². The van der Waals surface area contributed by atoms with Gasteiger partial charge in [-0.15, -0.1) is 0 Å². The van der Waals surface area contributed by atoms with E-state index < -0.39 is 0 Å². The zero-order valence-electron chi connectivity index (χ0n) is 11.4. The van der Waals surface area contributed by atoms with Gasteiger partial charge in [0.1, 0.15) is 7.28 Å². The zero-order valence-corrected chi connectivity index (χ0v) is 11.4. The van der Waals surface area contributed by atoms with Crippen molar-refractivity contribution in [1.82, 2.24) is 0 Å². The van der Waals surface area contributed by atoms with Crippen molar-refractivity contribution in [2.45, 2.75) is 31.9 Å². The van der Waals surface area contributed by atoms with Crippen LogP contribution < -0.4 is 0 Å². The van der Waals surface area contributed by atoms with Crippen LogP contribution in [0, 0.1) is 0 Å². The van der Waals surface area contributed by atoms with E-state index in [9.17, 15) is 0 Å². The first-order valence-electron chi connectivity index (χ1n) is 6.84. The molecule has 0 heterocycles. The van der Waals surface area contributed by atoms with E-state index in [1.807, 2.05) is 0 Å². The normalized spacial score (nSPS) is 13.9. The van der Waals surface area contributed by atoms with Crippen molar-refractivity contribution in [3.8, 4) is 0 Å². The predicted molar refractivity (Wildman–Crippen MR) is 81.4 cm³/mol. The fraction of sp³-hybridized carbons (Fsp3) is 0.294. The van der Waals surface area contributed by atoms with Gasteiger partial charge in [-0.05, 0) is 10.9 Å². The summed E-state index contributed by atoms with van der Waals surface area (Å²) in [6.07, 6.45) is 2.34. The maximum absolute atomic E-state index is 2.38. The lowest BCUT2D eigenvalue weighted by atomic mass is 9.47. The largest absolute Gasteiger partial charge is 0.138 e. The van der Waals surface area contributed by atoms with Crippen molar-refractivity contribution in [2.75, 3.05) is 0 Å². The summed E-state index contributed by atoms with van der Waals surface area (Å²) in [5.74, 6) is 0. The Hall–Kier alpha value is -1.50. The molecule has 0 saturated heterocycles. The molecule has 0 spiro atoms. The minimum atomic E-state index is 0.289. The molecular formula is C17H21B. The van der Waals surface area contributed by atoms with Crippen molar-refractivity contribution in [3.05, 3.63) is 71.8 Å². The van der Waals surface area contributed by atoms with E-state index in [2.05, 4.69) is 74.5 Å². The lowest BCUT2D eigenvalue weighted by Crippen LogP contribution is -2.30. The topological polar surface area (TPSA) is 0 Å². The number of rotatable bonds is 5. The van der Waals surface area contributed by atoms with Crippen LogP contribution in [-0.2, 0) is 11.6 Å². The highest BCUT2D eigenvalue weighted by molar-refractivity contribution is 6.39. The lowest BCUT2D eigenvalue weighted by molar-refractivity contribution is 0.635. The molecule has 1 atom stereocenters. The Morgan fingerprint density at radius 3 is 2.00 bits per heavy atom. The highest BCUT2D eigenvalue weighted by atomic mass is 14.2. The third-order valence-corrected chi connectivity index (χ3v) is 4.06. The standard InChI is InChI=1S/C17H21B/c1-3-17(2,16-12-8-5-9-13-16)18-14-15-10-6-4-7-11-15/h4-13,18H,3,14H2,1-2H3. The van der Waals surface area contributed by atoms with Gasteiger partial charge >= 0.3 is 0 Å². The van der Waals surface area contributed by atoms with E-state index in [1.165, 1.54) is 24.8 Å². The molecule has 18 heavy (non-hydrogen) atoms. The summed E-state index contributed by atoms with van der Waals surface area (Å²) in [6.45, 7) is 4.67. The van der Waals surface area contributed by atoms with Gasteiger partial charge in [-0.1, -0.05) is 92.8 Å². The molecule has 0 aromatic heterocycles. The highest BCUT2D eigenvalue weighted by Gasteiger charge is 2.24. The van der Waals surface area contributed by atoms with Gasteiger partial charge in [0, 0.05) is 0 Å². The third-order valence-electron chi connectivity index (χ3n) is 4.06. The van der Waals surface area contributed by atoms with Gasteiger partial charge in [-0.25, -0.2) is 0 Å². The molecule has 0 aliphatic rings. The second kappa shape index (κ2) is 5.90. The van der Waals surface area contributed by atoms with Gasteiger partial charge in [-0.2, -0.15) is 0 Å². The van der Waals surface area contributed by atoms with Crippen LogP contribution in [0.15, 0.2) is 60.7 Å². The molecule has 0 fully saturated rings. The SMILES string of the molecule is CCC(C)(BCc1ccccc1)c1ccccc1. The average Bonchev–Trinajstić information content (AvgIpc) is 2.47. The first kappa shape index (κ1) is 12.9. The zero-order chi connectivity index (χ0) is 12.8.